The van der Waals surface area contributed by atoms with Gasteiger partial charge in [0.15, 0.2) is 11.6 Å². The number of aromatic nitrogens is 4. The van der Waals surface area contributed by atoms with Crippen molar-refractivity contribution in [3.8, 4) is 0 Å². The topological polar surface area (TPSA) is 92.1 Å². The summed E-state index contributed by atoms with van der Waals surface area (Å²) in [5.74, 6) is 0.963. The second kappa shape index (κ2) is 7.79. The molecule has 3 N–H and O–H groups in total. The van der Waals surface area contributed by atoms with Gasteiger partial charge >= 0.3 is 6.18 Å². The Morgan fingerprint density at radius 2 is 1.96 bits per heavy atom. The van der Waals surface area contributed by atoms with Crippen LogP contribution in [0.15, 0.2) is 17.5 Å². The van der Waals surface area contributed by atoms with E-state index in [2.05, 4.69) is 36.0 Å². The zero-order valence-electron chi connectivity index (χ0n) is 13.4. The lowest BCUT2D eigenvalue weighted by molar-refractivity contribution is -0.132. The first-order valence-electron chi connectivity index (χ1n) is 7.28. The highest BCUT2D eigenvalue weighted by Gasteiger charge is 2.26. The molecular formula is C13H19F3N8. The van der Waals surface area contributed by atoms with E-state index in [0.717, 1.165) is 5.39 Å². The van der Waals surface area contributed by atoms with Crippen LogP contribution in [0.25, 0.3) is 11.0 Å². The molecule has 0 bridgehead atoms. The molecule has 24 heavy (non-hydrogen) atoms. The molecule has 0 aliphatic heterocycles. The van der Waals surface area contributed by atoms with Gasteiger partial charge in [0, 0.05) is 33.7 Å². The van der Waals surface area contributed by atoms with E-state index < -0.39 is 12.6 Å². The second-order valence-corrected chi connectivity index (χ2v) is 4.95. The van der Waals surface area contributed by atoms with Crippen LogP contribution in [0.5, 0.6) is 0 Å². The lowest BCUT2D eigenvalue weighted by atomic mass is 10.4. The number of alkyl halides is 3. The molecule has 0 unspecified atom stereocenters. The summed E-state index contributed by atoms with van der Waals surface area (Å²) in [6.45, 7) is 0.733. The van der Waals surface area contributed by atoms with Crippen molar-refractivity contribution in [1.82, 2.24) is 30.4 Å². The summed E-state index contributed by atoms with van der Waals surface area (Å²) in [6, 6.07) is 0. The van der Waals surface area contributed by atoms with Crippen LogP contribution in [-0.2, 0) is 7.05 Å². The van der Waals surface area contributed by atoms with Crippen molar-refractivity contribution in [2.45, 2.75) is 12.6 Å². The van der Waals surface area contributed by atoms with Gasteiger partial charge in [0.2, 0.25) is 0 Å². The molecule has 0 fully saturated rings. The number of rotatable bonds is 6. The molecule has 8 nitrogen and oxygen atoms in total. The van der Waals surface area contributed by atoms with Gasteiger partial charge in [-0.2, -0.15) is 18.3 Å². The lowest BCUT2D eigenvalue weighted by Gasteiger charge is -2.13. The average Bonchev–Trinajstić information content (AvgIpc) is 2.91. The van der Waals surface area contributed by atoms with Crippen LogP contribution in [0, 0.1) is 0 Å². The van der Waals surface area contributed by atoms with Gasteiger partial charge in [-0.3, -0.25) is 9.67 Å². The molecule has 0 amide bonds. The van der Waals surface area contributed by atoms with Gasteiger partial charge in [-0.15, -0.1) is 0 Å². The maximum Gasteiger partial charge on any atom is 0.390 e. The van der Waals surface area contributed by atoms with E-state index in [1.54, 1.807) is 17.9 Å². The number of hydrogen-bond acceptors (Lipinski definition) is 5. The fraction of sp³-hybridized carbons (Fsp3) is 0.538. The lowest BCUT2D eigenvalue weighted by Crippen LogP contribution is -2.40. The Hall–Kier alpha value is -2.59. The third kappa shape index (κ3) is 4.96. The van der Waals surface area contributed by atoms with E-state index in [9.17, 15) is 13.2 Å². The first-order valence-corrected chi connectivity index (χ1v) is 7.28. The normalized spacial score (nSPS) is 12.5. The van der Waals surface area contributed by atoms with E-state index in [-0.39, 0.29) is 6.54 Å². The van der Waals surface area contributed by atoms with Crippen molar-refractivity contribution in [3.05, 3.63) is 12.5 Å². The molecule has 0 aromatic carbocycles. The summed E-state index contributed by atoms with van der Waals surface area (Å²) in [6.07, 6.45) is -1.98. The zero-order chi connectivity index (χ0) is 17.6. The molecule has 0 aliphatic rings. The summed E-state index contributed by atoms with van der Waals surface area (Å²) in [7, 11) is 3.29. The molecule has 2 heterocycles. The number of anilines is 1. The van der Waals surface area contributed by atoms with Crippen molar-refractivity contribution in [2.75, 3.05) is 32.0 Å². The standard InChI is InChI=1S/C13H19F3N8/c1-17-12(19-4-3-13(14,15)16)20-6-5-18-10-9-7-23-24(2)11(9)22-8-21-10/h7-8H,3-6H2,1-2H3,(H2,17,19,20)(H,18,21,22). The first-order chi connectivity index (χ1) is 11.4. The molecule has 0 saturated carbocycles. The highest BCUT2D eigenvalue weighted by atomic mass is 19.4. The van der Waals surface area contributed by atoms with Crippen LogP contribution in [0.4, 0.5) is 19.0 Å². The van der Waals surface area contributed by atoms with Crippen LogP contribution in [0.3, 0.4) is 0 Å². The van der Waals surface area contributed by atoms with Gasteiger partial charge in [-0.05, 0) is 0 Å². The van der Waals surface area contributed by atoms with Crippen molar-refractivity contribution in [1.29, 1.82) is 0 Å². The Balaban J connectivity index is 1.77. The quantitative estimate of drug-likeness (QED) is 0.410. The maximum atomic E-state index is 12.1. The highest BCUT2D eigenvalue weighted by Crippen LogP contribution is 2.18. The molecule has 2 aromatic rings. The van der Waals surface area contributed by atoms with Crippen molar-refractivity contribution in [3.63, 3.8) is 0 Å². The Kier molecular flexibility index (Phi) is 5.77. The fourth-order valence-electron chi connectivity index (χ4n) is 2.01. The number of aliphatic imine (C=N–C) groups is 1. The number of nitrogens with one attached hydrogen (secondary N) is 3. The van der Waals surface area contributed by atoms with Crippen LogP contribution >= 0.6 is 0 Å². The van der Waals surface area contributed by atoms with Crippen LogP contribution in [0.2, 0.25) is 0 Å². The molecule has 0 radical (unpaired) electrons. The van der Waals surface area contributed by atoms with Gasteiger partial charge < -0.3 is 16.0 Å². The smallest absolute Gasteiger partial charge is 0.368 e. The van der Waals surface area contributed by atoms with Gasteiger partial charge in [0.1, 0.15) is 12.1 Å². The molecule has 0 spiro atoms. The number of hydrogen-bond donors (Lipinski definition) is 3. The summed E-state index contributed by atoms with van der Waals surface area (Å²) < 4.78 is 38.0. The summed E-state index contributed by atoms with van der Waals surface area (Å²) in [5, 5.41) is 13.6. The van der Waals surface area contributed by atoms with E-state index in [1.807, 2.05) is 0 Å². The highest BCUT2D eigenvalue weighted by molar-refractivity contribution is 5.86. The predicted octanol–water partition coefficient (Wildman–Crippen LogP) is 0.893. The number of aryl methyl sites for hydroxylation is 1. The second-order valence-electron chi connectivity index (χ2n) is 4.95. The van der Waals surface area contributed by atoms with E-state index in [1.165, 1.54) is 13.4 Å². The summed E-state index contributed by atoms with van der Waals surface area (Å²) in [5.41, 5.74) is 0.713. The average molecular weight is 344 g/mol. The molecule has 2 aromatic heterocycles. The van der Waals surface area contributed by atoms with Crippen molar-refractivity contribution >= 4 is 22.8 Å². The SMILES string of the molecule is CN=C(NCCNc1ncnc2c1cnn2C)NCCC(F)(F)F. The largest absolute Gasteiger partial charge is 0.390 e. The summed E-state index contributed by atoms with van der Waals surface area (Å²) >= 11 is 0. The van der Waals surface area contributed by atoms with E-state index in [0.29, 0.717) is 30.5 Å². The Morgan fingerprint density at radius 3 is 2.67 bits per heavy atom. The maximum absolute atomic E-state index is 12.1. The van der Waals surface area contributed by atoms with E-state index >= 15 is 0 Å². The Bertz CT molecular complexity index is 694. The van der Waals surface area contributed by atoms with Crippen LogP contribution < -0.4 is 16.0 Å². The molecule has 0 saturated heterocycles. The van der Waals surface area contributed by atoms with Gasteiger partial charge in [-0.25, -0.2) is 9.97 Å². The number of fused-ring (bicyclic) bond motifs is 1. The van der Waals surface area contributed by atoms with Gasteiger partial charge in [0.05, 0.1) is 18.0 Å². The summed E-state index contributed by atoms with van der Waals surface area (Å²) in [4.78, 5) is 12.2. The van der Waals surface area contributed by atoms with Crippen molar-refractivity contribution in [2.24, 2.45) is 12.0 Å². The van der Waals surface area contributed by atoms with Crippen LogP contribution in [0.1, 0.15) is 6.42 Å². The minimum atomic E-state index is -4.19. The Labute approximate surface area is 136 Å². The number of nitrogens with zero attached hydrogens (tertiary/aromatic N) is 5. The third-order valence-corrected chi connectivity index (χ3v) is 3.16. The number of halogens is 3. The van der Waals surface area contributed by atoms with Crippen LogP contribution in [-0.4, -0.2) is 58.6 Å². The molecule has 132 valence electrons. The minimum absolute atomic E-state index is 0.223. The van der Waals surface area contributed by atoms with Crippen molar-refractivity contribution < 1.29 is 13.2 Å². The van der Waals surface area contributed by atoms with Gasteiger partial charge in [0.25, 0.3) is 0 Å². The third-order valence-electron chi connectivity index (χ3n) is 3.16. The first kappa shape index (κ1) is 17.8. The zero-order valence-corrected chi connectivity index (χ0v) is 13.4. The van der Waals surface area contributed by atoms with E-state index in [4.69, 9.17) is 0 Å². The number of guanidine groups is 1. The molecule has 0 atom stereocenters. The molecule has 0 aliphatic carbocycles. The minimum Gasteiger partial charge on any atom is -0.368 e. The fourth-order valence-corrected chi connectivity index (χ4v) is 2.01. The molecular weight excluding hydrogens is 325 g/mol. The Morgan fingerprint density at radius 1 is 1.21 bits per heavy atom. The monoisotopic (exact) mass is 344 g/mol. The predicted molar refractivity (Wildman–Crippen MR) is 84.8 cm³/mol. The molecule has 2 rings (SSSR count). The van der Waals surface area contributed by atoms with Gasteiger partial charge in [-0.1, -0.05) is 0 Å². The molecule has 11 heteroatoms.